The van der Waals surface area contributed by atoms with Crippen LogP contribution in [0.15, 0.2) is 201 Å². The van der Waals surface area contributed by atoms with Crippen molar-refractivity contribution >= 4 is 0 Å². The molecule has 10 aromatic rings. The van der Waals surface area contributed by atoms with Crippen LogP contribution in [0, 0.1) is 0 Å². The van der Waals surface area contributed by atoms with Crippen molar-refractivity contribution in [1.29, 1.82) is 0 Å². The summed E-state index contributed by atoms with van der Waals surface area (Å²) in [4.78, 5) is 42.9. The van der Waals surface area contributed by atoms with Gasteiger partial charge in [0.15, 0.2) is 17.5 Å². The zero-order valence-corrected chi connectivity index (χ0v) is 32.1. The maximum Gasteiger partial charge on any atom is 0.164 e. The van der Waals surface area contributed by atoms with Crippen LogP contribution in [-0.4, -0.2) is 44.9 Å². The maximum absolute atomic E-state index is 5.03. The van der Waals surface area contributed by atoms with Crippen LogP contribution in [0.2, 0.25) is 0 Å². The second-order valence-corrected chi connectivity index (χ2v) is 14.0. The summed E-state index contributed by atoms with van der Waals surface area (Å²) in [6.45, 7) is 0. The van der Waals surface area contributed by atoms with Crippen LogP contribution in [0.1, 0.15) is 0 Å². The summed E-state index contributed by atoms with van der Waals surface area (Å²) in [6.07, 6.45) is 8.94. The minimum Gasteiger partial charge on any atom is -0.264 e. The fourth-order valence-electron chi connectivity index (χ4n) is 6.93. The van der Waals surface area contributed by atoms with Crippen LogP contribution in [0.3, 0.4) is 0 Å². The molecule has 0 saturated heterocycles. The molecule has 0 atom stereocenters. The normalized spacial score (nSPS) is 11.0. The van der Waals surface area contributed by atoms with Crippen LogP contribution in [0.25, 0.3) is 102 Å². The first-order valence-corrected chi connectivity index (χ1v) is 19.4. The Bertz CT molecular complexity index is 2710. The maximum atomic E-state index is 5.03. The number of nitrogens with zero attached hydrogens (tertiary/aromatic N) is 9. The van der Waals surface area contributed by atoms with Gasteiger partial charge >= 0.3 is 0 Å². The Labute approximate surface area is 346 Å². The Kier molecular flexibility index (Phi) is 9.71. The monoisotopic (exact) mass is 771 g/mol. The summed E-state index contributed by atoms with van der Waals surface area (Å²) in [7, 11) is 0. The molecule has 0 aliphatic heterocycles. The molecule has 3 aromatic carbocycles. The van der Waals surface area contributed by atoms with E-state index >= 15 is 0 Å². The van der Waals surface area contributed by atoms with Gasteiger partial charge in [-0.15, -0.1) is 0 Å². The number of pyridine rings is 6. The number of benzene rings is 3. The van der Waals surface area contributed by atoms with Gasteiger partial charge in [-0.25, -0.2) is 29.9 Å². The number of hydrogen-bond donors (Lipinski definition) is 0. The molecule has 10 rings (SSSR count). The second kappa shape index (κ2) is 16.2. The molecule has 0 aliphatic carbocycles. The topological polar surface area (TPSA) is 116 Å². The van der Waals surface area contributed by atoms with E-state index in [9.17, 15) is 0 Å². The summed E-state index contributed by atoms with van der Waals surface area (Å²) in [5.74, 6) is 1.67. The Morgan fingerprint density at radius 1 is 0.217 bits per heavy atom. The minimum atomic E-state index is 0.557. The van der Waals surface area contributed by atoms with Crippen molar-refractivity contribution < 1.29 is 0 Å². The molecule has 0 amide bonds. The van der Waals surface area contributed by atoms with Gasteiger partial charge in [-0.05, 0) is 72.8 Å². The molecule has 60 heavy (non-hydrogen) atoms. The lowest BCUT2D eigenvalue weighted by Crippen LogP contribution is -2.00. The van der Waals surface area contributed by atoms with E-state index in [4.69, 9.17) is 29.9 Å². The van der Waals surface area contributed by atoms with E-state index < -0.39 is 0 Å². The Hall–Kier alpha value is -8.43. The minimum absolute atomic E-state index is 0.557. The summed E-state index contributed by atoms with van der Waals surface area (Å²) in [5.41, 5.74) is 13.4. The quantitative estimate of drug-likeness (QED) is 0.141. The lowest BCUT2D eigenvalue weighted by molar-refractivity contribution is 1.07. The van der Waals surface area contributed by atoms with Gasteiger partial charge in [-0.1, -0.05) is 97.1 Å². The van der Waals surface area contributed by atoms with Crippen molar-refractivity contribution in [3.05, 3.63) is 201 Å². The lowest BCUT2D eigenvalue weighted by Gasteiger charge is -2.11. The first-order chi connectivity index (χ1) is 29.7. The first-order valence-electron chi connectivity index (χ1n) is 19.4. The number of aromatic nitrogens is 9. The molecule has 0 radical (unpaired) electrons. The van der Waals surface area contributed by atoms with Crippen molar-refractivity contribution in [2.24, 2.45) is 0 Å². The number of rotatable bonds is 9. The van der Waals surface area contributed by atoms with Gasteiger partial charge in [0.05, 0.1) is 39.9 Å². The van der Waals surface area contributed by atoms with Gasteiger partial charge in [0, 0.05) is 75.5 Å². The van der Waals surface area contributed by atoms with E-state index in [-0.39, 0.29) is 0 Å². The Morgan fingerprint density at radius 3 is 0.933 bits per heavy atom. The zero-order chi connectivity index (χ0) is 40.1. The van der Waals surface area contributed by atoms with Gasteiger partial charge < -0.3 is 0 Å². The van der Waals surface area contributed by atoms with E-state index in [1.807, 2.05) is 158 Å². The molecule has 0 spiro atoms. The van der Waals surface area contributed by atoms with E-state index in [0.29, 0.717) is 17.5 Å². The van der Waals surface area contributed by atoms with Crippen LogP contribution >= 0.6 is 0 Å². The Morgan fingerprint density at radius 2 is 0.567 bits per heavy atom. The van der Waals surface area contributed by atoms with Crippen LogP contribution in [0.5, 0.6) is 0 Å². The van der Waals surface area contributed by atoms with Gasteiger partial charge in [0.2, 0.25) is 0 Å². The van der Waals surface area contributed by atoms with Gasteiger partial charge in [0.25, 0.3) is 0 Å². The summed E-state index contributed by atoms with van der Waals surface area (Å²) >= 11 is 0. The molecule has 0 N–H and O–H groups in total. The molecule has 0 aliphatic rings. The van der Waals surface area contributed by atoms with Crippen molar-refractivity contribution in [2.75, 3.05) is 0 Å². The lowest BCUT2D eigenvalue weighted by atomic mass is 10.1. The van der Waals surface area contributed by atoms with Crippen molar-refractivity contribution in [3.63, 3.8) is 0 Å². The molecule has 0 saturated carbocycles. The molecular weight excluding hydrogens is 739 g/mol. The third kappa shape index (κ3) is 7.66. The van der Waals surface area contributed by atoms with Gasteiger partial charge in [-0.3, -0.25) is 15.0 Å². The smallest absolute Gasteiger partial charge is 0.164 e. The molecule has 282 valence electrons. The largest absolute Gasteiger partial charge is 0.264 e. The van der Waals surface area contributed by atoms with Gasteiger partial charge in [0.1, 0.15) is 0 Å². The molecule has 0 unspecified atom stereocenters. The van der Waals surface area contributed by atoms with Gasteiger partial charge in [-0.2, -0.15) is 0 Å². The van der Waals surface area contributed by atoms with E-state index in [1.54, 1.807) is 18.6 Å². The predicted octanol–water partition coefficient (Wildman–Crippen LogP) is 11.2. The first kappa shape index (κ1) is 35.9. The Balaban J connectivity index is 0.997. The molecular formula is C51H33N9. The average molecular weight is 772 g/mol. The zero-order valence-electron chi connectivity index (χ0n) is 32.1. The van der Waals surface area contributed by atoms with E-state index in [0.717, 1.165) is 84.4 Å². The van der Waals surface area contributed by atoms with E-state index in [1.165, 1.54) is 0 Å². The number of hydrogen-bond acceptors (Lipinski definition) is 9. The van der Waals surface area contributed by atoms with Crippen LogP contribution < -0.4 is 0 Å². The highest BCUT2D eigenvalue weighted by atomic mass is 15.0. The highest BCUT2D eigenvalue weighted by Crippen LogP contribution is 2.31. The van der Waals surface area contributed by atoms with E-state index in [2.05, 4.69) is 39.2 Å². The third-order valence-electron chi connectivity index (χ3n) is 10.0. The fourth-order valence-corrected chi connectivity index (χ4v) is 6.93. The highest BCUT2D eigenvalue weighted by Gasteiger charge is 2.15. The molecule has 7 heterocycles. The standard InChI is InChI=1S/C51H33N9/c1-2-31-54-47(10-1)48-16-5-13-44(57-48)36-21-27-39(28-22-36)51-59-49(37-23-17-34(18-24-37)42-11-3-14-45(55-42)40-8-6-29-52-32-40)58-50(60-51)38-25-19-35(20-26-38)43-12-4-15-46(56-43)41-9-7-30-53-33-41/h1-33H. The van der Waals surface area contributed by atoms with Crippen molar-refractivity contribution in [3.8, 4) is 102 Å². The van der Waals surface area contributed by atoms with Crippen molar-refractivity contribution in [1.82, 2.24) is 44.9 Å². The second-order valence-electron chi connectivity index (χ2n) is 14.0. The molecule has 9 heteroatoms. The van der Waals surface area contributed by atoms with Crippen LogP contribution in [-0.2, 0) is 0 Å². The SMILES string of the molecule is c1ccc(-c2cccc(-c3ccc(-c4nc(-c5ccc(-c6cccc(-c7cccnc7)n6)cc5)nc(-c5ccc(-c6cccc(-c7cccnc7)n6)cc5)n4)cc3)n2)nc1. The fraction of sp³-hybridized carbons (Fsp3) is 0. The third-order valence-corrected chi connectivity index (χ3v) is 10.0. The summed E-state index contributed by atoms with van der Waals surface area (Å²) < 4.78 is 0. The highest BCUT2D eigenvalue weighted by molar-refractivity contribution is 5.74. The van der Waals surface area contributed by atoms with Crippen molar-refractivity contribution in [2.45, 2.75) is 0 Å². The predicted molar refractivity (Wildman–Crippen MR) is 236 cm³/mol. The molecule has 9 nitrogen and oxygen atoms in total. The molecule has 0 fully saturated rings. The van der Waals surface area contributed by atoms with Crippen LogP contribution in [0.4, 0.5) is 0 Å². The molecule has 7 aromatic heterocycles. The summed E-state index contributed by atoms with van der Waals surface area (Å²) in [6, 6.07) is 56.2. The average Bonchev–Trinajstić information content (AvgIpc) is 3.35. The molecule has 0 bridgehead atoms. The summed E-state index contributed by atoms with van der Waals surface area (Å²) in [5, 5.41) is 0.